The van der Waals surface area contributed by atoms with E-state index < -0.39 is 0 Å². The van der Waals surface area contributed by atoms with E-state index in [0.717, 1.165) is 49.8 Å². The second-order valence-electron chi connectivity index (χ2n) is 7.39. The van der Waals surface area contributed by atoms with Gasteiger partial charge in [-0.15, -0.1) is 0 Å². The number of pyridine rings is 1. The van der Waals surface area contributed by atoms with Crippen molar-refractivity contribution in [2.45, 2.75) is 64.8 Å². The zero-order chi connectivity index (χ0) is 17.2. The van der Waals surface area contributed by atoms with Gasteiger partial charge in [0.15, 0.2) is 0 Å². The van der Waals surface area contributed by atoms with Gasteiger partial charge in [0.2, 0.25) is 5.91 Å². The first-order valence-electron chi connectivity index (χ1n) is 9.55. The van der Waals surface area contributed by atoms with E-state index in [4.69, 9.17) is 0 Å². The van der Waals surface area contributed by atoms with Gasteiger partial charge in [-0.3, -0.25) is 9.48 Å². The summed E-state index contributed by atoms with van der Waals surface area (Å²) < 4.78 is 2.12. The molecule has 5 nitrogen and oxygen atoms in total. The van der Waals surface area contributed by atoms with Crippen LogP contribution in [0, 0.1) is 12.8 Å². The molecule has 2 aromatic rings. The number of rotatable bonds is 3. The van der Waals surface area contributed by atoms with E-state index in [0.29, 0.717) is 5.82 Å². The number of fused-ring (bicyclic) bond motifs is 1. The summed E-state index contributed by atoms with van der Waals surface area (Å²) >= 11 is 0. The SMILES string of the molecule is Cc1cnc(NC(=O)C2CCCCC2)cc1-c1cnn2c1CCCC2. The number of anilines is 1. The van der Waals surface area contributed by atoms with Crippen LogP contribution in [0.1, 0.15) is 56.2 Å². The first-order valence-corrected chi connectivity index (χ1v) is 9.55. The van der Waals surface area contributed by atoms with E-state index in [-0.39, 0.29) is 11.8 Å². The van der Waals surface area contributed by atoms with Gasteiger partial charge >= 0.3 is 0 Å². The van der Waals surface area contributed by atoms with Crippen molar-refractivity contribution in [3.05, 3.63) is 29.7 Å². The van der Waals surface area contributed by atoms with Gasteiger partial charge in [0.05, 0.1) is 6.20 Å². The van der Waals surface area contributed by atoms with E-state index >= 15 is 0 Å². The fourth-order valence-corrected chi connectivity index (χ4v) is 4.12. The molecule has 0 aromatic carbocycles. The van der Waals surface area contributed by atoms with Crippen LogP contribution in [0.5, 0.6) is 0 Å². The first kappa shape index (κ1) is 16.3. The Kier molecular flexibility index (Phi) is 4.55. The largest absolute Gasteiger partial charge is 0.310 e. The standard InChI is InChI=1S/C20H26N4O/c1-14-12-21-19(23-20(25)15-7-3-2-4-8-15)11-16(14)17-13-22-24-10-6-5-9-18(17)24/h11-13,15H,2-10H2,1H3,(H,21,23,25). The number of hydrogen-bond acceptors (Lipinski definition) is 3. The Morgan fingerprint density at radius 3 is 2.80 bits per heavy atom. The van der Waals surface area contributed by atoms with Crippen molar-refractivity contribution in [3.63, 3.8) is 0 Å². The number of aryl methyl sites for hydroxylation is 2. The molecular weight excluding hydrogens is 312 g/mol. The van der Waals surface area contributed by atoms with Crippen molar-refractivity contribution < 1.29 is 4.79 Å². The van der Waals surface area contributed by atoms with Crippen LogP contribution >= 0.6 is 0 Å². The van der Waals surface area contributed by atoms with Crippen LogP contribution in [0.25, 0.3) is 11.1 Å². The highest BCUT2D eigenvalue weighted by molar-refractivity contribution is 5.92. The lowest BCUT2D eigenvalue weighted by molar-refractivity contribution is -0.120. The Hall–Kier alpha value is -2.17. The van der Waals surface area contributed by atoms with Gasteiger partial charge in [-0.2, -0.15) is 5.10 Å². The van der Waals surface area contributed by atoms with E-state index in [2.05, 4.69) is 27.0 Å². The number of carbonyl (C=O) groups excluding carboxylic acids is 1. The van der Waals surface area contributed by atoms with Crippen LogP contribution in [0.2, 0.25) is 0 Å². The zero-order valence-corrected chi connectivity index (χ0v) is 14.9. The third-order valence-corrected chi connectivity index (χ3v) is 5.60. The summed E-state index contributed by atoms with van der Waals surface area (Å²) in [5, 5.41) is 7.59. The van der Waals surface area contributed by atoms with Crippen LogP contribution in [0.3, 0.4) is 0 Å². The molecule has 2 aliphatic rings. The van der Waals surface area contributed by atoms with Crippen molar-refractivity contribution in [2.24, 2.45) is 5.92 Å². The Bertz CT molecular complexity index is 774. The fourth-order valence-electron chi connectivity index (χ4n) is 4.12. The predicted octanol–water partition coefficient (Wildman–Crippen LogP) is 4.11. The van der Waals surface area contributed by atoms with Crippen molar-refractivity contribution in [3.8, 4) is 11.1 Å². The molecule has 0 atom stereocenters. The van der Waals surface area contributed by atoms with Crippen molar-refractivity contribution in [1.29, 1.82) is 0 Å². The number of carbonyl (C=O) groups is 1. The summed E-state index contributed by atoms with van der Waals surface area (Å²) in [6, 6.07) is 2.02. The van der Waals surface area contributed by atoms with Gasteiger partial charge in [0.25, 0.3) is 0 Å². The minimum absolute atomic E-state index is 0.124. The maximum Gasteiger partial charge on any atom is 0.228 e. The van der Waals surface area contributed by atoms with Crippen LogP contribution < -0.4 is 5.32 Å². The fraction of sp³-hybridized carbons (Fsp3) is 0.550. The summed E-state index contributed by atoms with van der Waals surface area (Å²) in [4.78, 5) is 17.0. The highest BCUT2D eigenvalue weighted by atomic mass is 16.1. The van der Waals surface area contributed by atoms with E-state index in [1.165, 1.54) is 30.5 Å². The maximum absolute atomic E-state index is 12.5. The topological polar surface area (TPSA) is 59.8 Å². The molecule has 3 heterocycles. The van der Waals surface area contributed by atoms with Gasteiger partial charge in [0, 0.05) is 29.9 Å². The summed E-state index contributed by atoms with van der Waals surface area (Å²) in [6.07, 6.45) is 12.9. The number of hydrogen-bond donors (Lipinski definition) is 1. The molecular formula is C20H26N4O. The minimum Gasteiger partial charge on any atom is -0.310 e. The normalized spacial score (nSPS) is 18.0. The molecule has 0 saturated heterocycles. The molecule has 1 fully saturated rings. The molecule has 1 N–H and O–H groups in total. The second-order valence-corrected chi connectivity index (χ2v) is 7.39. The molecule has 5 heteroatoms. The summed E-state index contributed by atoms with van der Waals surface area (Å²) in [6.45, 7) is 3.08. The predicted molar refractivity (Wildman–Crippen MR) is 98.3 cm³/mol. The van der Waals surface area contributed by atoms with Crippen molar-refractivity contribution in [1.82, 2.24) is 14.8 Å². The molecule has 0 unspecified atom stereocenters. The van der Waals surface area contributed by atoms with Gasteiger partial charge < -0.3 is 5.32 Å². The van der Waals surface area contributed by atoms with E-state index in [1.807, 2.05) is 18.5 Å². The van der Waals surface area contributed by atoms with E-state index in [1.54, 1.807) is 0 Å². The molecule has 0 radical (unpaired) electrons. The van der Waals surface area contributed by atoms with Gasteiger partial charge in [-0.1, -0.05) is 19.3 Å². The van der Waals surface area contributed by atoms with Crippen LogP contribution in [-0.2, 0) is 17.8 Å². The van der Waals surface area contributed by atoms with Crippen molar-refractivity contribution in [2.75, 3.05) is 5.32 Å². The number of nitrogens with one attached hydrogen (secondary N) is 1. The Morgan fingerprint density at radius 1 is 1.12 bits per heavy atom. The average molecular weight is 338 g/mol. The van der Waals surface area contributed by atoms with E-state index in [9.17, 15) is 4.79 Å². The monoisotopic (exact) mass is 338 g/mol. The molecule has 25 heavy (non-hydrogen) atoms. The summed E-state index contributed by atoms with van der Waals surface area (Å²) in [5.41, 5.74) is 4.76. The molecule has 132 valence electrons. The number of nitrogens with zero attached hydrogens (tertiary/aromatic N) is 3. The number of amides is 1. The van der Waals surface area contributed by atoms with Gasteiger partial charge in [-0.25, -0.2) is 4.98 Å². The van der Waals surface area contributed by atoms with Crippen molar-refractivity contribution >= 4 is 11.7 Å². The molecule has 2 aromatic heterocycles. The third kappa shape index (κ3) is 3.32. The van der Waals surface area contributed by atoms with Crippen LogP contribution in [-0.4, -0.2) is 20.7 Å². The smallest absolute Gasteiger partial charge is 0.228 e. The highest BCUT2D eigenvalue weighted by Crippen LogP contribution is 2.31. The molecule has 1 saturated carbocycles. The molecule has 1 aliphatic carbocycles. The molecule has 4 rings (SSSR count). The summed E-state index contributed by atoms with van der Waals surface area (Å²) in [7, 11) is 0. The lowest BCUT2D eigenvalue weighted by atomic mass is 9.88. The Morgan fingerprint density at radius 2 is 1.96 bits per heavy atom. The average Bonchev–Trinajstić information content (AvgIpc) is 3.08. The minimum atomic E-state index is 0.124. The third-order valence-electron chi connectivity index (χ3n) is 5.60. The zero-order valence-electron chi connectivity index (χ0n) is 14.9. The quantitative estimate of drug-likeness (QED) is 0.916. The molecule has 1 amide bonds. The lowest BCUT2D eigenvalue weighted by Gasteiger charge is -2.21. The van der Waals surface area contributed by atoms with Gasteiger partial charge in [0.1, 0.15) is 5.82 Å². The lowest BCUT2D eigenvalue weighted by Crippen LogP contribution is -2.25. The first-order chi connectivity index (χ1) is 12.2. The van der Waals surface area contributed by atoms with Crippen LogP contribution in [0.4, 0.5) is 5.82 Å². The highest BCUT2D eigenvalue weighted by Gasteiger charge is 2.22. The number of aromatic nitrogens is 3. The van der Waals surface area contributed by atoms with Gasteiger partial charge in [-0.05, 0) is 56.2 Å². The molecule has 1 aliphatic heterocycles. The Balaban J connectivity index is 1.58. The maximum atomic E-state index is 12.5. The molecule has 0 spiro atoms. The second kappa shape index (κ2) is 6.98. The summed E-state index contributed by atoms with van der Waals surface area (Å²) in [5.74, 6) is 0.926. The Labute approximate surface area is 148 Å². The molecule has 0 bridgehead atoms. The van der Waals surface area contributed by atoms with Crippen LogP contribution in [0.15, 0.2) is 18.5 Å².